The molecule has 0 saturated carbocycles. The first-order valence-electron chi connectivity index (χ1n) is 6.53. The van der Waals surface area contributed by atoms with Gasteiger partial charge in [0.2, 0.25) is 5.91 Å². The van der Waals surface area contributed by atoms with Crippen molar-refractivity contribution in [1.82, 2.24) is 0 Å². The van der Waals surface area contributed by atoms with Gasteiger partial charge in [0.05, 0.1) is 16.1 Å². The normalized spacial score (nSPS) is 10.4. The molecule has 0 aliphatic carbocycles. The number of anilines is 1. The molecule has 0 saturated heterocycles. The van der Waals surface area contributed by atoms with E-state index in [0.717, 1.165) is 6.08 Å². The van der Waals surface area contributed by atoms with Crippen molar-refractivity contribution < 1.29 is 19.6 Å². The van der Waals surface area contributed by atoms with Crippen molar-refractivity contribution in [2.45, 2.75) is 0 Å². The van der Waals surface area contributed by atoms with Crippen molar-refractivity contribution in [3.8, 4) is 0 Å². The molecular weight excluding hydrogens is 300 g/mol. The standard InChI is InChI=1S/C16H12N2O5/c19-15(17-13-6-3-5-12(10-13)16(20)21)9-8-11-4-1-2-7-14(11)18(22)23/h1-10H,(H,17,19)(H,20,21). The van der Waals surface area contributed by atoms with E-state index in [0.29, 0.717) is 11.3 Å². The molecule has 0 heterocycles. The smallest absolute Gasteiger partial charge is 0.335 e. The Labute approximate surface area is 131 Å². The summed E-state index contributed by atoms with van der Waals surface area (Å²) >= 11 is 0. The zero-order valence-corrected chi connectivity index (χ0v) is 11.8. The minimum atomic E-state index is -1.10. The van der Waals surface area contributed by atoms with Gasteiger partial charge in [-0.3, -0.25) is 14.9 Å². The van der Waals surface area contributed by atoms with Crippen LogP contribution in [0.1, 0.15) is 15.9 Å². The third-order valence-electron chi connectivity index (χ3n) is 2.92. The number of carbonyl (C=O) groups is 2. The van der Waals surface area contributed by atoms with Gasteiger partial charge in [0.15, 0.2) is 0 Å². The third-order valence-corrected chi connectivity index (χ3v) is 2.92. The predicted octanol–water partition coefficient (Wildman–Crippen LogP) is 2.94. The number of aromatic carboxylic acids is 1. The molecule has 0 fully saturated rings. The fourth-order valence-corrected chi connectivity index (χ4v) is 1.87. The highest BCUT2D eigenvalue weighted by Crippen LogP contribution is 2.19. The predicted molar refractivity (Wildman–Crippen MR) is 84.2 cm³/mol. The number of carbonyl (C=O) groups excluding carboxylic acids is 1. The molecule has 0 atom stereocenters. The Kier molecular flexibility index (Phi) is 4.83. The van der Waals surface area contributed by atoms with Crippen LogP contribution in [0.15, 0.2) is 54.6 Å². The summed E-state index contributed by atoms with van der Waals surface area (Å²) in [6.07, 6.45) is 2.48. The molecule has 7 heteroatoms. The molecule has 1 amide bonds. The molecule has 7 nitrogen and oxygen atoms in total. The molecule has 2 aromatic rings. The summed E-state index contributed by atoms with van der Waals surface area (Å²) in [5.74, 6) is -1.62. The molecule has 2 aromatic carbocycles. The number of amides is 1. The Hall–Kier alpha value is -3.48. The van der Waals surface area contributed by atoms with E-state index in [1.807, 2.05) is 0 Å². The number of nitrogens with zero attached hydrogens (tertiary/aromatic N) is 1. The summed E-state index contributed by atoms with van der Waals surface area (Å²) in [5, 5.41) is 22.3. The van der Waals surface area contributed by atoms with Crippen LogP contribution >= 0.6 is 0 Å². The van der Waals surface area contributed by atoms with Gasteiger partial charge in [0, 0.05) is 17.8 Å². The van der Waals surface area contributed by atoms with E-state index in [2.05, 4.69) is 5.32 Å². The van der Waals surface area contributed by atoms with Crippen molar-refractivity contribution >= 4 is 29.3 Å². The Morgan fingerprint density at radius 1 is 1.13 bits per heavy atom. The molecule has 0 spiro atoms. The number of hydrogen-bond donors (Lipinski definition) is 2. The maximum atomic E-state index is 11.8. The van der Waals surface area contributed by atoms with Crippen molar-refractivity contribution in [3.63, 3.8) is 0 Å². The van der Waals surface area contributed by atoms with E-state index < -0.39 is 16.8 Å². The topological polar surface area (TPSA) is 110 Å². The van der Waals surface area contributed by atoms with Gasteiger partial charge >= 0.3 is 5.97 Å². The Morgan fingerprint density at radius 2 is 1.87 bits per heavy atom. The third kappa shape index (κ3) is 4.24. The van der Waals surface area contributed by atoms with Crippen molar-refractivity contribution in [1.29, 1.82) is 0 Å². The van der Waals surface area contributed by atoms with Crippen LogP contribution in [-0.2, 0) is 4.79 Å². The van der Waals surface area contributed by atoms with Gasteiger partial charge in [-0.05, 0) is 30.3 Å². The van der Waals surface area contributed by atoms with Crippen LogP contribution in [-0.4, -0.2) is 21.9 Å². The Morgan fingerprint density at radius 3 is 2.57 bits per heavy atom. The monoisotopic (exact) mass is 312 g/mol. The summed E-state index contributed by atoms with van der Waals surface area (Å²) in [6.45, 7) is 0. The lowest BCUT2D eigenvalue weighted by atomic mass is 10.1. The Bertz CT molecular complexity index is 799. The second kappa shape index (κ2) is 6.99. The SMILES string of the molecule is O=C(C=Cc1ccccc1[N+](=O)[O-])Nc1cccc(C(=O)O)c1. The second-order valence-electron chi connectivity index (χ2n) is 4.52. The number of nitro groups is 1. The van der Waals surface area contributed by atoms with Gasteiger partial charge in [-0.1, -0.05) is 18.2 Å². The first-order chi connectivity index (χ1) is 11.0. The minimum Gasteiger partial charge on any atom is -0.478 e. The molecule has 116 valence electrons. The summed E-state index contributed by atoms with van der Waals surface area (Å²) < 4.78 is 0. The minimum absolute atomic E-state index is 0.0467. The average molecular weight is 312 g/mol. The largest absolute Gasteiger partial charge is 0.478 e. The zero-order valence-electron chi connectivity index (χ0n) is 11.8. The quantitative estimate of drug-likeness (QED) is 0.501. The number of benzene rings is 2. The lowest BCUT2D eigenvalue weighted by Gasteiger charge is -2.03. The van der Waals surface area contributed by atoms with E-state index >= 15 is 0 Å². The van der Waals surface area contributed by atoms with E-state index in [1.165, 1.54) is 42.5 Å². The molecule has 23 heavy (non-hydrogen) atoms. The number of nitro benzene ring substituents is 1. The molecule has 0 radical (unpaired) electrons. The zero-order chi connectivity index (χ0) is 16.8. The summed E-state index contributed by atoms with van der Waals surface area (Å²) in [4.78, 5) is 33.0. The van der Waals surface area contributed by atoms with E-state index in [-0.39, 0.29) is 11.3 Å². The number of carboxylic acid groups (broad SMARTS) is 1. The fraction of sp³-hybridized carbons (Fsp3) is 0. The van der Waals surface area contributed by atoms with Crippen molar-refractivity contribution in [2.24, 2.45) is 0 Å². The van der Waals surface area contributed by atoms with E-state index in [4.69, 9.17) is 5.11 Å². The number of nitrogens with one attached hydrogen (secondary N) is 1. The second-order valence-corrected chi connectivity index (χ2v) is 4.52. The molecule has 0 unspecified atom stereocenters. The summed E-state index contributed by atoms with van der Waals surface area (Å²) in [6, 6.07) is 11.8. The van der Waals surface area contributed by atoms with Gasteiger partial charge in [-0.2, -0.15) is 0 Å². The van der Waals surface area contributed by atoms with Crippen LogP contribution in [0.2, 0.25) is 0 Å². The summed E-state index contributed by atoms with van der Waals surface area (Å²) in [5.41, 5.74) is 0.559. The molecule has 2 N–H and O–H groups in total. The molecule has 0 aromatic heterocycles. The van der Waals surface area contributed by atoms with Gasteiger partial charge < -0.3 is 10.4 Å². The fourth-order valence-electron chi connectivity index (χ4n) is 1.87. The summed E-state index contributed by atoms with van der Waals surface area (Å²) in [7, 11) is 0. The average Bonchev–Trinajstić information content (AvgIpc) is 2.53. The number of rotatable bonds is 5. The van der Waals surface area contributed by atoms with Crippen LogP contribution in [0.25, 0.3) is 6.08 Å². The maximum absolute atomic E-state index is 11.8. The molecule has 0 aliphatic heterocycles. The number of carboxylic acids is 1. The number of para-hydroxylation sites is 1. The lowest BCUT2D eigenvalue weighted by molar-refractivity contribution is -0.385. The highest BCUT2D eigenvalue weighted by atomic mass is 16.6. The van der Waals surface area contributed by atoms with Gasteiger partial charge in [0.1, 0.15) is 0 Å². The molecule has 0 bridgehead atoms. The van der Waals surface area contributed by atoms with Gasteiger partial charge in [-0.15, -0.1) is 0 Å². The van der Waals surface area contributed by atoms with E-state index in [9.17, 15) is 19.7 Å². The van der Waals surface area contributed by atoms with Crippen molar-refractivity contribution in [3.05, 3.63) is 75.8 Å². The Balaban J connectivity index is 2.12. The van der Waals surface area contributed by atoms with Gasteiger partial charge in [-0.25, -0.2) is 4.79 Å². The lowest BCUT2D eigenvalue weighted by Crippen LogP contribution is -2.08. The van der Waals surface area contributed by atoms with Crippen LogP contribution in [0.4, 0.5) is 11.4 Å². The maximum Gasteiger partial charge on any atom is 0.335 e. The highest BCUT2D eigenvalue weighted by Gasteiger charge is 2.10. The van der Waals surface area contributed by atoms with Crippen molar-refractivity contribution in [2.75, 3.05) is 5.32 Å². The van der Waals surface area contributed by atoms with Crippen LogP contribution in [0.3, 0.4) is 0 Å². The number of hydrogen-bond acceptors (Lipinski definition) is 4. The highest BCUT2D eigenvalue weighted by molar-refractivity contribution is 6.02. The van der Waals surface area contributed by atoms with Crippen LogP contribution < -0.4 is 5.32 Å². The van der Waals surface area contributed by atoms with Gasteiger partial charge in [0.25, 0.3) is 5.69 Å². The first kappa shape index (κ1) is 15.9. The molecular formula is C16H12N2O5. The van der Waals surface area contributed by atoms with Crippen LogP contribution in [0.5, 0.6) is 0 Å². The first-order valence-corrected chi connectivity index (χ1v) is 6.53. The molecule has 2 rings (SSSR count). The van der Waals surface area contributed by atoms with Crippen LogP contribution in [0, 0.1) is 10.1 Å². The molecule has 0 aliphatic rings. The van der Waals surface area contributed by atoms with E-state index in [1.54, 1.807) is 12.1 Å².